The van der Waals surface area contributed by atoms with Crippen LogP contribution >= 0.6 is 22.9 Å². The van der Waals surface area contributed by atoms with Crippen LogP contribution in [0.25, 0.3) is 10.1 Å². The Bertz CT molecular complexity index is 1160. The van der Waals surface area contributed by atoms with Crippen molar-refractivity contribution in [2.75, 3.05) is 42.9 Å². The van der Waals surface area contributed by atoms with Gasteiger partial charge in [0.05, 0.1) is 18.5 Å². The van der Waals surface area contributed by atoms with Crippen LogP contribution in [0, 0.1) is 6.92 Å². The van der Waals surface area contributed by atoms with Gasteiger partial charge < -0.3 is 15.0 Å². The van der Waals surface area contributed by atoms with Crippen LogP contribution in [0.3, 0.4) is 0 Å². The molecular formula is C20H22ClN3O3S2. The van der Waals surface area contributed by atoms with E-state index in [-0.39, 0.29) is 4.21 Å². The molecule has 1 fully saturated rings. The predicted molar refractivity (Wildman–Crippen MR) is 120 cm³/mol. The third kappa shape index (κ3) is 3.90. The van der Waals surface area contributed by atoms with Crippen molar-refractivity contribution < 1.29 is 13.2 Å². The van der Waals surface area contributed by atoms with Crippen molar-refractivity contribution in [3.05, 3.63) is 47.0 Å². The first-order valence-electron chi connectivity index (χ1n) is 9.25. The van der Waals surface area contributed by atoms with Gasteiger partial charge in [-0.15, -0.1) is 11.3 Å². The Kier molecular flexibility index (Phi) is 5.61. The number of nitrogens with zero attached hydrogens (tertiary/aromatic N) is 1. The lowest BCUT2D eigenvalue weighted by Gasteiger charge is -2.31. The molecule has 0 radical (unpaired) electrons. The minimum absolute atomic E-state index is 0.278. The number of halogens is 1. The van der Waals surface area contributed by atoms with E-state index >= 15 is 0 Å². The quantitative estimate of drug-likeness (QED) is 0.611. The van der Waals surface area contributed by atoms with Gasteiger partial charge >= 0.3 is 0 Å². The molecule has 0 unspecified atom stereocenters. The number of methoxy groups -OCH3 is 1. The average molecular weight is 452 g/mol. The first-order valence-corrected chi connectivity index (χ1v) is 11.9. The lowest BCUT2D eigenvalue weighted by atomic mass is 10.2. The van der Waals surface area contributed by atoms with Crippen molar-refractivity contribution in [2.24, 2.45) is 0 Å². The zero-order valence-corrected chi connectivity index (χ0v) is 18.5. The van der Waals surface area contributed by atoms with Crippen LogP contribution in [0.2, 0.25) is 5.02 Å². The Morgan fingerprint density at radius 3 is 2.66 bits per heavy atom. The molecule has 0 aliphatic carbocycles. The minimum Gasteiger partial charge on any atom is -0.495 e. The molecule has 154 valence electrons. The second-order valence-corrected chi connectivity index (χ2v) is 10.2. The summed E-state index contributed by atoms with van der Waals surface area (Å²) in [6.07, 6.45) is 0. The molecule has 29 heavy (non-hydrogen) atoms. The monoisotopic (exact) mass is 451 g/mol. The highest BCUT2D eigenvalue weighted by Gasteiger charge is 2.24. The first kappa shape index (κ1) is 20.3. The smallest absolute Gasteiger partial charge is 0.271 e. The lowest BCUT2D eigenvalue weighted by molar-refractivity contribution is 0.413. The van der Waals surface area contributed by atoms with Gasteiger partial charge in [0.15, 0.2) is 0 Å². The molecule has 0 bridgehead atoms. The molecule has 2 N–H and O–H groups in total. The summed E-state index contributed by atoms with van der Waals surface area (Å²) < 4.78 is 35.6. The third-order valence-corrected chi connectivity index (χ3v) is 8.57. The van der Waals surface area contributed by atoms with Gasteiger partial charge in [0.25, 0.3) is 10.0 Å². The number of thiophene rings is 1. The molecule has 3 aromatic rings. The fourth-order valence-electron chi connectivity index (χ4n) is 3.60. The van der Waals surface area contributed by atoms with E-state index in [0.29, 0.717) is 16.3 Å². The number of sulfonamides is 1. The van der Waals surface area contributed by atoms with Crippen molar-refractivity contribution in [1.82, 2.24) is 5.32 Å². The van der Waals surface area contributed by atoms with Crippen LogP contribution < -0.4 is 19.7 Å². The standard InChI is InChI=1S/C20H22ClN3O3S2/c1-13-19-15(21)4-3-5-18(19)28-20(13)29(25,26)23-14-6-7-17(27-2)16(12-14)24-10-8-22-9-11-24/h3-7,12,22-23H,8-11H2,1-2H3. The van der Waals surface area contributed by atoms with E-state index in [0.717, 1.165) is 47.7 Å². The molecule has 0 spiro atoms. The minimum atomic E-state index is -3.75. The number of piperazine rings is 1. The van der Waals surface area contributed by atoms with Gasteiger partial charge in [-0.2, -0.15) is 0 Å². The number of rotatable bonds is 5. The van der Waals surface area contributed by atoms with Gasteiger partial charge in [-0.05, 0) is 42.8 Å². The molecule has 2 aromatic carbocycles. The van der Waals surface area contributed by atoms with Crippen molar-refractivity contribution in [2.45, 2.75) is 11.1 Å². The van der Waals surface area contributed by atoms with Gasteiger partial charge in [0, 0.05) is 41.3 Å². The lowest BCUT2D eigenvalue weighted by Crippen LogP contribution is -2.43. The first-order chi connectivity index (χ1) is 13.9. The van der Waals surface area contributed by atoms with Gasteiger partial charge in [-0.25, -0.2) is 8.42 Å². The average Bonchev–Trinajstić information content (AvgIpc) is 3.07. The summed E-state index contributed by atoms with van der Waals surface area (Å²) in [6.45, 7) is 5.21. The van der Waals surface area contributed by atoms with Crippen molar-refractivity contribution >= 4 is 54.4 Å². The SMILES string of the molecule is COc1ccc(NS(=O)(=O)c2sc3cccc(Cl)c3c2C)cc1N1CCNCC1. The highest BCUT2D eigenvalue weighted by molar-refractivity contribution is 7.94. The maximum Gasteiger partial charge on any atom is 0.271 e. The molecule has 0 amide bonds. The van der Waals surface area contributed by atoms with E-state index in [1.807, 2.05) is 18.2 Å². The molecule has 6 nitrogen and oxygen atoms in total. The zero-order chi connectivity index (χ0) is 20.6. The Balaban J connectivity index is 1.70. The van der Waals surface area contributed by atoms with E-state index in [9.17, 15) is 8.42 Å². The maximum absolute atomic E-state index is 13.1. The highest BCUT2D eigenvalue weighted by Crippen LogP contribution is 2.39. The third-order valence-electron chi connectivity index (χ3n) is 4.99. The number of nitrogens with one attached hydrogen (secondary N) is 2. The number of hydrogen-bond donors (Lipinski definition) is 2. The molecule has 0 saturated carbocycles. The summed E-state index contributed by atoms with van der Waals surface area (Å²) in [6, 6.07) is 10.8. The molecular weight excluding hydrogens is 430 g/mol. The van der Waals surface area contributed by atoms with Crippen LogP contribution in [0.4, 0.5) is 11.4 Å². The zero-order valence-electron chi connectivity index (χ0n) is 16.2. The summed E-state index contributed by atoms with van der Waals surface area (Å²) >= 11 is 7.52. The Morgan fingerprint density at radius 1 is 1.21 bits per heavy atom. The number of anilines is 2. The van der Waals surface area contributed by atoms with E-state index < -0.39 is 10.0 Å². The molecule has 1 aliphatic rings. The highest BCUT2D eigenvalue weighted by atomic mass is 35.5. The molecule has 2 heterocycles. The van der Waals surface area contributed by atoms with Crippen LogP contribution in [0.1, 0.15) is 5.56 Å². The Labute approximate surface area is 179 Å². The number of fused-ring (bicyclic) bond motifs is 1. The summed E-state index contributed by atoms with van der Waals surface area (Å²) in [5.41, 5.74) is 2.05. The van der Waals surface area contributed by atoms with Crippen LogP contribution in [0.15, 0.2) is 40.6 Å². The van der Waals surface area contributed by atoms with E-state index in [2.05, 4.69) is 14.9 Å². The van der Waals surface area contributed by atoms with Crippen molar-refractivity contribution in [3.8, 4) is 5.75 Å². The predicted octanol–water partition coefficient (Wildman–Crippen LogP) is 4.08. The van der Waals surface area contributed by atoms with Crippen molar-refractivity contribution in [1.29, 1.82) is 0 Å². The maximum atomic E-state index is 13.1. The van der Waals surface area contributed by atoms with Gasteiger partial charge in [-0.1, -0.05) is 17.7 Å². The molecule has 9 heteroatoms. The summed E-state index contributed by atoms with van der Waals surface area (Å²) in [7, 11) is -2.13. The van der Waals surface area contributed by atoms with Crippen molar-refractivity contribution in [3.63, 3.8) is 0 Å². The molecule has 1 aromatic heterocycles. The second-order valence-electron chi connectivity index (χ2n) is 6.86. The van der Waals surface area contributed by atoms with E-state index in [1.165, 1.54) is 11.3 Å². The summed E-state index contributed by atoms with van der Waals surface area (Å²) in [5.74, 6) is 0.722. The van der Waals surface area contributed by atoms with Gasteiger partial charge in [0.2, 0.25) is 0 Å². The molecule has 1 aliphatic heterocycles. The Morgan fingerprint density at radius 2 is 1.97 bits per heavy atom. The number of ether oxygens (including phenoxy) is 1. The van der Waals surface area contributed by atoms with Gasteiger partial charge in [0.1, 0.15) is 9.96 Å². The van der Waals surface area contributed by atoms with Crippen LogP contribution in [0.5, 0.6) is 5.75 Å². The van der Waals surface area contributed by atoms with E-state index in [4.69, 9.17) is 16.3 Å². The summed E-state index contributed by atoms with van der Waals surface area (Å²) in [4.78, 5) is 2.19. The number of aryl methyl sites for hydroxylation is 1. The van der Waals surface area contributed by atoms with Crippen LogP contribution in [-0.2, 0) is 10.0 Å². The largest absolute Gasteiger partial charge is 0.495 e. The summed E-state index contributed by atoms with van der Waals surface area (Å²) in [5, 5.41) is 4.66. The number of benzene rings is 2. The van der Waals surface area contributed by atoms with E-state index in [1.54, 1.807) is 32.2 Å². The molecule has 1 saturated heterocycles. The van der Waals surface area contributed by atoms with Crippen LogP contribution in [-0.4, -0.2) is 41.7 Å². The molecule has 0 atom stereocenters. The fourth-order valence-corrected chi connectivity index (χ4v) is 6.80. The fraction of sp³-hybridized carbons (Fsp3) is 0.300. The topological polar surface area (TPSA) is 70.7 Å². The Hall–Kier alpha value is -2.00. The normalized spacial score (nSPS) is 14.9. The van der Waals surface area contributed by atoms with Gasteiger partial charge in [-0.3, -0.25) is 4.72 Å². The molecule has 4 rings (SSSR count). The number of hydrogen-bond acceptors (Lipinski definition) is 6. The second kappa shape index (κ2) is 8.02.